The molecule has 0 aromatic heterocycles. The molecule has 1 fully saturated rings. The molecule has 164 valence electrons. The van der Waals surface area contributed by atoms with Gasteiger partial charge in [0.2, 0.25) is 0 Å². The highest BCUT2D eigenvalue weighted by Gasteiger charge is 2.20. The predicted octanol–water partition coefficient (Wildman–Crippen LogP) is 3.73. The molecular weight excluding hydrogens is 368 g/mol. The number of esters is 1. The van der Waals surface area contributed by atoms with E-state index in [-0.39, 0.29) is 5.97 Å². The Morgan fingerprint density at radius 1 is 0.897 bits per heavy atom. The van der Waals surface area contributed by atoms with Crippen molar-refractivity contribution in [1.29, 1.82) is 0 Å². The van der Waals surface area contributed by atoms with Gasteiger partial charge < -0.3 is 14.2 Å². The van der Waals surface area contributed by atoms with Gasteiger partial charge in [-0.15, -0.1) is 0 Å². The number of nitrogens with zero attached hydrogens (tertiary/aromatic N) is 2. The van der Waals surface area contributed by atoms with Crippen LogP contribution in [0.5, 0.6) is 11.5 Å². The fourth-order valence-electron chi connectivity index (χ4n) is 3.29. The van der Waals surface area contributed by atoms with Crippen LogP contribution >= 0.6 is 0 Å². The predicted molar refractivity (Wildman–Crippen MR) is 116 cm³/mol. The third-order valence-corrected chi connectivity index (χ3v) is 5.05. The molecule has 1 heterocycles. The topological polar surface area (TPSA) is 51.2 Å². The zero-order valence-electron chi connectivity index (χ0n) is 18.5. The number of rotatable bonds is 13. The molecule has 0 unspecified atom stereocenters. The van der Waals surface area contributed by atoms with Gasteiger partial charge in [-0.1, -0.05) is 32.8 Å². The highest BCUT2D eigenvalue weighted by molar-refractivity contribution is 5.71. The van der Waals surface area contributed by atoms with Crippen molar-refractivity contribution in [2.24, 2.45) is 0 Å². The second-order valence-electron chi connectivity index (χ2n) is 7.54. The molecule has 0 bridgehead atoms. The highest BCUT2D eigenvalue weighted by atomic mass is 16.5. The van der Waals surface area contributed by atoms with E-state index in [4.69, 9.17) is 14.2 Å². The average molecular weight is 407 g/mol. The lowest BCUT2D eigenvalue weighted by molar-refractivity contribution is -0.144. The molecule has 0 saturated carbocycles. The number of carbonyl (C=O) groups excluding carboxylic acids is 1. The summed E-state index contributed by atoms with van der Waals surface area (Å²) >= 11 is 0. The van der Waals surface area contributed by atoms with Crippen LogP contribution in [0.2, 0.25) is 0 Å². The Bertz CT molecular complexity index is 601. The summed E-state index contributed by atoms with van der Waals surface area (Å²) in [6.07, 6.45) is 4.32. The van der Waals surface area contributed by atoms with Crippen LogP contribution in [0.1, 0.15) is 52.0 Å². The van der Waals surface area contributed by atoms with Crippen molar-refractivity contribution in [3.05, 3.63) is 23.8 Å². The molecule has 0 amide bonds. The van der Waals surface area contributed by atoms with E-state index in [0.29, 0.717) is 13.2 Å². The number of unbranched alkanes of at least 4 members (excludes halogenated alkanes) is 2. The standard InChI is InChI=1S/C23H38N2O4/c1-4-7-15-28-21-10-9-20(17-22(21)29-16-8-5-2)18-24-11-13-25(14-12-24)19-23(26)27-6-3/h9-10,17H,4-8,11-16,18-19H2,1-3H3. The average Bonchev–Trinajstić information content (AvgIpc) is 2.71. The molecule has 0 spiro atoms. The zero-order valence-corrected chi connectivity index (χ0v) is 18.5. The first-order chi connectivity index (χ1) is 14.2. The smallest absolute Gasteiger partial charge is 0.320 e. The van der Waals surface area contributed by atoms with Gasteiger partial charge >= 0.3 is 5.97 Å². The van der Waals surface area contributed by atoms with Crippen LogP contribution in [0, 0.1) is 0 Å². The third kappa shape index (κ3) is 8.62. The monoisotopic (exact) mass is 406 g/mol. The fraction of sp³-hybridized carbons (Fsp3) is 0.696. The SMILES string of the molecule is CCCCOc1ccc(CN2CCN(CC(=O)OCC)CC2)cc1OCCCC. The van der Waals surface area contributed by atoms with Gasteiger partial charge in [0.1, 0.15) is 0 Å². The van der Waals surface area contributed by atoms with Crippen LogP contribution in [-0.4, -0.2) is 68.3 Å². The first-order valence-electron chi connectivity index (χ1n) is 11.1. The maximum atomic E-state index is 11.7. The summed E-state index contributed by atoms with van der Waals surface area (Å²) in [6, 6.07) is 6.31. The Kier molecular flexibility index (Phi) is 10.9. The molecule has 0 radical (unpaired) electrons. The summed E-state index contributed by atoms with van der Waals surface area (Å²) < 4.78 is 17.0. The van der Waals surface area contributed by atoms with Gasteiger partial charge in [-0.05, 0) is 37.5 Å². The van der Waals surface area contributed by atoms with Crippen molar-refractivity contribution < 1.29 is 19.0 Å². The number of piperazine rings is 1. The van der Waals surface area contributed by atoms with Gasteiger partial charge in [0, 0.05) is 32.7 Å². The molecule has 1 aliphatic heterocycles. The normalized spacial score (nSPS) is 15.3. The van der Waals surface area contributed by atoms with Crippen molar-refractivity contribution >= 4 is 5.97 Å². The number of hydrogen-bond acceptors (Lipinski definition) is 6. The fourth-order valence-corrected chi connectivity index (χ4v) is 3.29. The molecule has 6 heteroatoms. The molecule has 1 aromatic carbocycles. The zero-order chi connectivity index (χ0) is 20.9. The Morgan fingerprint density at radius 3 is 2.14 bits per heavy atom. The lowest BCUT2D eigenvalue weighted by atomic mass is 10.1. The van der Waals surface area contributed by atoms with Crippen LogP contribution in [-0.2, 0) is 16.1 Å². The minimum atomic E-state index is -0.131. The van der Waals surface area contributed by atoms with Crippen LogP contribution in [0.4, 0.5) is 0 Å². The first-order valence-corrected chi connectivity index (χ1v) is 11.1. The number of benzene rings is 1. The van der Waals surface area contributed by atoms with Crippen molar-refractivity contribution in [2.45, 2.75) is 53.0 Å². The molecule has 6 nitrogen and oxygen atoms in total. The van der Waals surface area contributed by atoms with E-state index in [0.717, 1.165) is 83.1 Å². The summed E-state index contributed by atoms with van der Waals surface area (Å²) in [7, 11) is 0. The minimum absolute atomic E-state index is 0.131. The second-order valence-corrected chi connectivity index (χ2v) is 7.54. The maximum Gasteiger partial charge on any atom is 0.320 e. The van der Waals surface area contributed by atoms with Crippen LogP contribution in [0.15, 0.2) is 18.2 Å². The van der Waals surface area contributed by atoms with E-state index in [1.54, 1.807) is 0 Å². The van der Waals surface area contributed by atoms with E-state index < -0.39 is 0 Å². The number of carbonyl (C=O) groups is 1. The Morgan fingerprint density at radius 2 is 1.52 bits per heavy atom. The van der Waals surface area contributed by atoms with Gasteiger partial charge in [-0.2, -0.15) is 0 Å². The van der Waals surface area contributed by atoms with Gasteiger partial charge in [0.25, 0.3) is 0 Å². The molecule has 0 aliphatic carbocycles. The van der Waals surface area contributed by atoms with Crippen molar-refractivity contribution in [1.82, 2.24) is 9.80 Å². The molecule has 1 saturated heterocycles. The van der Waals surface area contributed by atoms with Gasteiger partial charge in [0.15, 0.2) is 11.5 Å². The Balaban J connectivity index is 1.89. The molecule has 1 aliphatic rings. The Hall–Kier alpha value is -1.79. The first kappa shape index (κ1) is 23.5. The van der Waals surface area contributed by atoms with Crippen LogP contribution in [0.25, 0.3) is 0 Å². The summed E-state index contributed by atoms with van der Waals surface area (Å²) in [5, 5.41) is 0. The van der Waals surface area contributed by atoms with Crippen molar-refractivity contribution in [3.8, 4) is 11.5 Å². The van der Waals surface area contributed by atoms with Crippen molar-refractivity contribution in [2.75, 3.05) is 52.5 Å². The largest absolute Gasteiger partial charge is 0.490 e. The quantitative estimate of drug-likeness (QED) is 0.368. The van der Waals surface area contributed by atoms with E-state index in [1.165, 1.54) is 5.56 Å². The van der Waals surface area contributed by atoms with Gasteiger partial charge in [-0.25, -0.2) is 0 Å². The lowest BCUT2D eigenvalue weighted by Crippen LogP contribution is -2.47. The highest BCUT2D eigenvalue weighted by Crippen LogP contribution is 2.29. The summed E-state index contributed by atoms with van der Waals surface area (Å²) in [5.74, 6) is 1.57. The van der Waals surface area contributed by atoms with Crippen molar-refractivity contribution in [3.63, 3.8) is 0 Å². The Labute approximate surface area is 176 Å². The lowest BCUT2D eigenvalue weighted by Gasteiger charge is -2.34. The summed E-state index contributed by atoms with van der Waals surface area (Å²) in [4.78, 5) is 16.2. The van der Waals surface area contributed by atoms with Crippen LogP contribution in [0.3, 0.4) is 0 Å². The molecule has 1 aromatic rings. The molecule has 0 atom stereocenters. The summed E-state index contributed by atoms with van der Waals surface area (Å²) in [6.45, 7) is 13.0. The molecule has 0 N–H and O–H groups in total. The van der Waals surface area contributed by atoms with E-state index >= 15 is 0 Å². The maximum absolute atomic E-state index is 11.7. The second kappa shape index (κ2) is 13.4. The molecular formula is C23H38N2O4. The number of ether oxygens (including phenoxy) is 3. The van der Waals surface area contributed by atoms with Gasteiger partial charge in [0.05, 0.1) is 26.4 Å². The number of hydrogen-bond donors (Lipinski definition) is 0. The van der Waals surface area contributed by atoms with Gasteiger partial charge in [-0.3, -0.25) is 14.6 Å². The van der Waals surface area contributed by atoms with E-state index in [1.807, 2.05) is 13.0 Å². The van der Waals surface area contributed by atoms with E-state index in [2.05, 4.69) is 35.8 Å². The minimum Gasteiger partial charge on any atom is -0.490 e. The third-order valence-electron chi connectivity index (χ3n) is 5.05. The van der Waals surface area contributed by atoms with Crippen LogP contribution < -0.4 is 9.47 Å². The van der Waals surface area contributed by atoms with E-state index in [9.17, 15) is 4.79 Å². The molecule has 2 rings (SSSR count). The molecule has 29 heavy (non-hydrogen) atoms. The summed E-state index contributed by atoms with van der Waals surface area (Å²) in [5.41, 5.74) is 1.23.